The summed E-state index contributed by atoms with van der Waals surface area (Å²) >= 11 is 0. The average molecular weight is 176 g/mol. The lowest BCUT2D eigenvalue weighted by atomic mass is 9.77. The molecule has 12 heavy (non-hydrogen) atoms. The van der Waals surface area contributed by atoms with Crippen LogP contribution < -0.4 is 0 Å². The van der Waals surface area contributed by atoms with Crippen molar-refractivity contribution >= 4 is 7.28 Å². The molecule has 0 aromatic carbocycles. The van der Waals surface area contributed by atoms with Gasteiger partial charge in [0.1, 0.15) is 13.5 Å². The molecule has 5 heteroatoms. The van der Waals surface area contributed by atoms with Crippen LogP contribution >= 0.6 is 0 Å². The summed E-state index contributed by atoms with van der Waals surface area (Å²) in [4.78, 5) is 0. The van der Waals surface area contributed by atoms with Gasteiger partial charge in [-0.1, -0.05) is 6.82 Å². The van der Waals surface area contributed by atoms with E-state index in [1.807, 2.05) is 6.82 Å². The van der Waals surface area contributed by atoms with Crippen molar-refractivity contribution in [1.82, 2.24) is 0 Å². The zero-order valence-corrected chi connectivity index (χ0v) is 6.61. The summed E-state index contributed by atoms with van der Waals surface area (Å²) in [5.41, 5.74) is -0.703. The third kappa shape index (κ3) is 2.06. The lowest BCUT2D eigenvalue weighted by Crippen LogP contribution is -2.02. The lowest BCUT2D eigenvalue weighted by Gasteiger charge is -1.99. The number of halogens is 3. The van der Waals surface area contributed by atoms with Crippen molar-refractivity contribution in [3.05, 3.63) is 23.7 Å². The zero-order valence-electron chi connectivity index (χ0n) is 6.61. The van der Waals surface area contributed by atoms with E-state index >= 15 is 0 Å². The molecule has 0 unspecified atom stereocenters. The zero-order chi connectivity index (χ0) is 9.19. The van der Waals surface area contributed by atoms with Crippen LogP contribution in [0.4, 0.5) is 13.2 Å². The first-order valence-corrected chi connectivity index (χ1v) is 3.68. The maximum Gasteiger partial charge on any atom is 0.419 e. The monoisotopic (exact) mass is 176 g/mol. The number of hydrogen-bond donors (Lipinski definition) is 0. The van der Waals surface area contributed by atoms with Crippen molar-refractivity contribution in [2.24, 2.45) is 0 Å². The quantitative estimate of drug-likeness (QED) is 0.630. The Labute approximate surface area is 68.8 Å². The van der Waals surface area contributed by atoms with Gasteiger partial charge in [0.25, 0.3) is 0 Å². The summed E-state index contributed by atoms with van der Waals surface area (Å²) < 4.78 is 40.7. The highest BCUT2D eigenvalue weighted by atomic mass is 19.4. The fourth-order valence-electron chi connectivity index (χ4n) is 0.907. The van der Waals surface area contributed by atoms with Crippen molar-refractivity contribution in [3.8, 4) is 0 Å². The molecule has 66 valence electrons. The molecule has 0 fully saturated rings. The Kier molecular flexibility index (Phi) is 2.50. The summed E-state index contributed by atoms with van der Waals surface area (Å²) in [7, 11) is 0.783. The molecule has 0 aliphatic rings. The molecule has 0 aliphatic heterocycles. The van der Waals surface area contributed by atoms with Crippen molar-refractivity contribution in [1.29, 1.82) is 0 Å². The Morgan fingerprint density at radius 2 is 2.17 bits per heavy atom. The van der Waals surface area contributed by atoms with Gasteiger partial charge in [0, 0.05) is 0 Å². The first kappa shape index (κ1) is 9.22. The molecular weight excluding hydrogens is 168 g/mol. The van der Waals surface area contributed by atoms with E-state index in [0.717, 1.165) is 19.6 Å². The van der Waals surface area contributed by atoms with Crippen LogP contribution in [0, 0.1) is 0 Å². The van der Waals surface area contributed by atoms with E-state index in [-0.39, 0.29) is 0 Å². The Hall–Kier alpha value is -0.865. The normalized spacial score (nSPS) is 11.7. The summed E-state index contributed by atoms with van der Waals surface area (Å²) in [6.45, 7) is 1.88. The third-order valence-corrected chi connectivity index (χ3v) is 1.48. The SMILES string of the molecule is CBCc1cc(C(F)(F)F)co1. The highest BCUT2D eigenvalue weighted by Gasteiger charge is 2.32. The first-order chi connectivity index (χ1) is 5.54. The van der Waals surface area contributed by atoms with Crippen molar-refractivity contribution in [2.75, 3.05) is 0 Å². The van der Waals surface area contributed by atoms with Crippen molar-refractivity contribution in [3.63, 3.8) is 0 Å². The molecule has 0 amide bonds. The average Bonchev–Trinajstić information content (AvgIpc) is 2.35. The molecule has 1 heterocycles. The number of alkyl halides is 3. The minimum Gasteiger partial charge on any atom is -0.469 e. The summed E-state index contributed by atoms with van der Waals surface area (Å²) in [5.74, 6) is 0.393. The second kappa shape index (κ2) is 3.25. The Bertz CT molecular complexity index is 253. The van der Waals surface area contributed by atoms with Crippen LogP contribution in [0.5, 0.6) is 0 Å². The topological polar surface area (TPSA) is 13.1 Å². The van der Waals surface area contributed by atoms with E-state index in [2.05, 4.69) is 0 Å². The smallest absolute Gasteiger partial charge is 0.419 e. The van der Waals surface area contributed by atoms with Crippen LogP contribution in [0.3, 0.4) is 0 Å². The van der Waals surface area contributed by atoms with Crippen LogP contribution in [-0.4, -0.2) is 7.28 Å². The van der Waals surface area contributed by atoms with Gasteiger partial charge in [-0.2, -0.15) is 13.2 Å². The van der Waals surface area contributed by atoms with Crippen LogP contribution in [0.2, 0.25) is 6.82 Å². The van der Waals surface area contributed by atoms with Gasteiger partial charge in [-0.25, -0.2) is 0 Å². The highest BCUT2D eigenvalue weighted by molar-refractivity contribution is 6.32. The fraction of sp³-hybridized carbons (Fsp3) is 0.429. The largest absolute Gasteiger partial charge is 0.469 e. The molecule has 0 spiro atoms. The van der Waals surface area contributed by atoms with Gasteiger partial charge in [0.2, 0.25) is 0 Å². The molecular formula is C7H8BF3O. The van der Waals surface area contributed by atoms with Gasteiger partial charge in [-0.3, -0.25) is 0 Å². The summed E-state index contributed by atoms with van der Waals surface area (Å²) in [5, 5.41) is 0. The first-order valence-electron chi connectivity index (χ1n) is 3.68. The van der Waals surface area contributed by atoms with E-state index in [0.29, 0.717) is 12.1 Å². The Morgan fingerprint density at radius 1 is 1.50 bits per heavy atom. The van der Waals surface area contributed by atoms with E-state index in [1.54, 1.807) is 0 Å². The molecule has 1 aromatic heterocycles. The maximum atomic E-state index is 12.0. The predicted molar refractivity (Wildman–Crippen MR) is 40.4 cm³/mol. The third-order valence-electron chi connectivity index (χ3n) is 1.48. The van der Waals surface area contributed by atoms with Crippen molar-refractivity contribution < 1.29 is 17.6 Å². The predicted octanol–water partition coefficient (Wildman–Crippen LogP) is 2.28. The number of hydrogen-bond acceptors (Lipinski definition) is 1. The maximum absolute atomic E-state index is 12.0. The molecule has 0 aliphatic carbocycles. The van der Waals surface area contributed by atoms with E-state index in [4.69, 9.17) is 4.42 Å². The summed E-state index contributed by atoms with van der Waals surface area (Å²) in [6.07, 6.45) is -2.98. The van der Waals surface area contributed by atoms with Crippen molar-refractivity contribution in [2.45, 2.75) is 19.3 Å². The molecule has 1 rings (SSSR count). The number of furan rings is 1. The summed E-state index contributed by atoms with van der Waals surface area (Å²) in [6, 6.07) is 1.05. The Balaban J connectivity index is 2.77. The molecule has 1 aromatic rings. The molecule has 0 bridgehead atoms. The van der Waals surface area contributed by atoms with E-state index in [9.17, 15) is 13.2 Å². The second-order valence-electron chi connectivity index (χ2n) is 2.55. The lowest BCUT2D eigenvalue weighted by molar-refractivity contribution is -0.137. The minimum absolute atomic E-state index is 0.393. The van der Waals surface area contributed by atoms with Crippen LogP contribution in [-0.2, 0) is 12.5 Å². The number of rotatable bonds is 2. The molecule has 0 radical (unpaired) electrons. The molecule has 0 saturated heterocycles. The van der Waals surface area contributed by atoms with Gasteiger partial charge in [-0.05, 0) is 12.4 Å². The van der Waals surface area contributed by atoms with Gasteiger partial charge < -0.3 is 4.42 Å². The second-order valence-corrected chi connectivity index (χ2v) is 2.55. The fourth-order valence-corrected chi connectivity index (χ4v) is 0.907. The Morgan fingerprint density at radius 3 is 2.58 bits per heavy atom. The van der Waals surface area contributed by atoms with Gasteiger partial charge in [0.15, 0.2) is 0 Å². The van der Waals surface area contributed by atoms with Crippen LogP contribution in [0.1, 0.15) is 11.3 Å². The van der Waals surface area contributed by atoms with Gasteiger partial charge >= 0.3 is 6.18 Å². The molecule has 0 atom stereocenters. The minimum atomic E-state index is -4.28. The van der Waals surface area contributed by atoms with Crippen LogP contribution in [0.25, 0.3) is 0 Å². The molecule has 0 saturated carbocycles. The van der Waals surface area contributed by atoms with Crippen LogP contribution in [0.15, 0.2) is 16.7 Å². The van der Waals surface area contributed by atoms with E-state index in [1.165, 1.54) is 0 Å². The standard InChI is InChI=1S/C7H8BF3O/c1-8-3-6-2-5(4-12-6)7(9,10)11/h2,4,8H,3H2,1H3. The van der Waals surface area contributed by atoms with Gasteiger partial charge in [-0.15, -0.1) is 0 Å². The van der Waals surface area contributed by atoms with E-state index < -0.39 is 11.7 Å². The molecule has 0 N–H and O–H groups in total. The molecule has 1 nitrogen and oxygen atoms in total. The highest BCUT2D eigenvalue weighted by Crippen LogP contribution is 2.30. The van der Waals surface area contributed by atoms with Gasteiger partial charge in [0.05, 0.1) is 11.3 Å².